The van der Waals surface area contributed by atoms with E-state index in [4.69, 9.17) is 14.3 Å². The number of carbonyl (C=O) groups is 2. The van der Waals surface area contributed by atoms with Crippen LogP contribution in [0.1, 0.15) is 26.7 Å². The van der Waals surface area contributed by atoms with Crippen LogP contribution in [0.5, 0.6) is 5.75 Å². The molecule has 0 unspecified atom stereocenters. The van der Waals surface area contributed by atoms with Crippen LogP contribution >= 0.6 is 0 Å². The minimum atomic E-state index is -4.53. The Bertz CT molecular complexity index is 767. The Morgan fingerprint density at radius 1 is 1.21 bits per heavy atom. The van der Waals surface area contributed by atoms with Gasteiger partial charge in [0, 0.05) is 0 Å². The molecule has 0 bridgehead atoms. The van der Waals surface area contributed by atoms with Gasteiger partial charge < -0.3 is 19.6 Å². The average Bonchev–Trinajstić information content (AvgIpc) is 2.96. The van der Waals surface area contributed by atoms with Gasteiger partial charge in [-0.2, -0.15) is 13.2 Å². The molecule has 0 aliphatic rings. The second-order valence-corrected chi connectivity index (χ2v) is 4.83. The highest BCUT2D eigenvalue weighted by Crippen LogP contribution is 2.28. The predicted molar refractivity (Wildman–Crippen MR) is 76.3 cm³/mol. The Hall–Kier alpha value is -2.97. The van der Waals surface area contributed by atoms with Crippen molar-refractivity contribution in [3.63, 3.8) is 0 Å². The number of hydrogen-bond donors (Lipinski definition) is 2. The SMILES string of the molecule is Cc1ccc(NC(=O)c2ccc(C(=O)O)o2)c(OCC(F)(F)F)c1. The van der Waals surface area contributed by atoms with Gasteiger partial charge in [-0.3, -0.25) is 4.79 Å². The highest BCUT2D eigenvalue weighted by Gasteiger charge is 2.29. The number of carboxylic acid groups (broad SMARTS) is 1. The lowest BCUT2D eigenvalue weighted by Crippen LogP contribution is -2.20. The number of ether oxygens (including phenoxy) is 1. The van der Waals surface area contributed by atoms with Crippen molar-refractivity contribution in [1.29, 1.82) is 0 Å². The van der Waals surface area contributed by atoms with E-state index in [0.717, 1.165) is 12.1 Å². The zero-order valence-electron chi connectivity index (χ0n) is 12.3. The predicted octanol–water partition coefficient (Wildman–Crippen LogP) is 3.48. The summed E-state index contributed by atoms with van der Waals surface area (Å²) in [4.78, 5) is 22.7. The molecule has 0 atom stereocenters. The molecule has 1 amide bonds. The highest BCUT2D eigenvalue weighted by atomic mass is 19.4. The van der Waals surface area contributed by atoms with Gasteiger partial charge in [0.05, 0.1) is 5.69 Å². The van der Waals surface area contributed by atoms with Gasteiger partial charge in [-0.15, -0.1) is 0 Å². The summed E-state index contributed by atoms with van der Waals surface area (Å²) in [5.41, 5.74) is 0.638. The van der Waals surface area contributed by atoms with Gasteiger partial charge >= 0.3 is 12.1 Å². The molecule has 0 spiro atoms. The van der Waals surface area contributed by atoms with E-state index in [1.165, 1.54) is 12.1 Å². The van der Waals surface area contributed by atoms with Crippen molar-refractivity contribution >= 4 is 17.6 Å². The molecule has 1 aromatic carbocycles. The van der Waals surface area contributed by atoms with Gasteiger partial charge in [0.1, 0.15) is 5.75 Å². The number of aryl methyl sites for hydroxylation is 1. The molecule has 1 aromatic heterocycles. The van der Waals surface area contributed by atoms with Gasteiger partial charge in [-0.25, -0.2) is 4.79 Å². The van der Waals surface area contributed by atoms with Crippen LogP contribution in [0, 0.1) is 6.92 Å². The molecule has 0 radical (unpaired) electrons. The molecule has 0 saturated heterocycles. The van der Waals surface area contributed by atoms with Gasteiger partial charge in [-0.1, -0.05) is 6.07 Å². The normalized spacial score (nSPS) is 11.2. The highest BCUT2D eigenvalue weighted by molar-refractivity contribution is 6.03. The summed E-state index contributed by atoms with van der Waals surface area (Å²) >= 11 is 0. The fraction of sp³-hybridized carbons (Fsp3) is 0.200. The van der Waals surface area contributed by atoms with Crippen LogP contribution in [-0.2, 0) is 0 Å². The van der Waals surface area contributed by atoms with E-state index in [2.05, 4.69) is 5.32 Å². The molecule has 0 saturated carbocycles. The first-order chi connectivity index (χ1) is 11.2. The van der Waals surface area contributed by atoms with Crippen LogP contribution in [-0.4, -0.2) is 29.8 Å². The number of anilines is 1. The van der Waals surface area contributed by atoms with Crippen LogP contribution in [0.2, 0.25) is 0 Å². The summed E-state index contributed by atoms with van der Waals surface area (Å²) in [7, 11) is 0. The van der Waals surface area contributed by atoms with Gasteiger partial charge in [-0.05, 0) is 36.8 Å². The lowest BCUT2D eigenvalue weighted by Gasteiger charge is -2.14. The lowest BCUT2D eigenvalue weighted by molar-refractivity contribution is -0.153. The van der Waals surface area contributed by atoms with E-state index in [1.807, 2.05) is 0 Å². The Morgan fingerprint density at radius 3 is 2.46 bits per heavy atom. The number of amides is 1. The minimum Gasteiger partial charge on any atom is -0.482 e. The molecule has 0 fully saturated rings. The Morgan fingerprint density at radius 2 is 1.88 bits per heavy atom. The maximum atomic E-state index is 12.3. The Balaban J connectivity index is 2.18. The fourth-order valence-corrected chi connectivity index (χ4v) is 1.77. The number of aromatic carboxylic acids is 1. The van der Waals surface area contributed by atoms with Gasteiger partial charge in [0.25, 0.3) is 5.91 Å². The van der Waals surface area contributed by atoms with Crippen molar-refractivity contribution in [3.05, 3.63) is 47.4 Å². The monoisotopic (exact) mass is 343 g/mol. The smallest absolute Gasteiger partial charge is 0.422 e. The molecule has 6 nitrogen and oxygen atoms in total. The molecule has 24 heavy (non-hydrogen) atoms. The average molecular weight is 343 g/mol. The third-order valence-electron chi connectivity index (χ3n) is 2.82. The number of rotatable bonds is 5. The maximum absolute atomic E-state index is 12.3. The second kappa shape index (κ2) is 6.65. The fourth-order valence-electron chi connectivity index (χ4n) is 1.77. The van der Waals surface area contributed by atoms with E-state index in [-0.39, 0.29) is 17.2 Å². The molecule has 128 valence electrons. The molecular weight excluding hydrogens is 331 g/mol. The first-order valence-electron chi connectivity index (χ1n) is 6.60. The summed E-state index contributed by atoms with van der Waals surface area (Å²) in [5, 5.41) is 11.1. The molecular formula is C15H12F3NO5. The summed E-state index contributed by atoms with van der Waals surface area (Å²) in [5.74, 6) is -3.06. The number of nitrogens with one attached hydrogen (secondary N) is 1. The number of carboxylic acids is 1. The third-order valence-corrected chi connectivity index (χ3v) is 2.82. The molecule has 2 N–H and O–H groups in total. The standard InChI is InChI=1S/C15H12F3NO5/c1-8-2-3-9(12(6-8)23-7-15(16,17)18)19-13(20)10-4-5-11(24-10)14(21)22/h2-6H,7H2,1H3,(H,19,20)(H,21,22). The molecule has 9 heteroatoms. The van der Waals surface area contributed by atoms with Crippen LogP contribution in [0.25, 0.3) is 0 Å². The van der Waals surface area contributed by atoms with Crippen LogP contribution in [0.15, 0.2) is 34.7 Å². The molecule has 2 rings (SSSR count). The van der Waals surface area contributed by atoms with Crippen LogP contribution < -0.4 is 10.1 Å². The molecule has 0 aliphatic heterocycles. The second-order valence-electron chi connectivity index (χ2n) is 4.83. The lowest BCUT2D eigenvalue weighted by atomic mass is 10.2. The van der Waals surface area contributed by atoms with E-state index >= 15 is 0 Å². The van der Waals surface area contributed by atoms with Crippen molar-refractivity contribution in [3.8, 4) is 5.75 Å². The largest absolute Gasteiger partial charge is 0.482 e. The van der Waals surface area contributed by atoms with Crippen molar-refractivity contribution in [2.75, 3.05) is 11.9 Å². The number of alkyl halides is 3. The van der Waals surface area contributed by atoms with Gasteiger partial charge in [0.15, 0.2) is 12.4 Å². The summed E-state index contributed by atoms with van der Waals surface area (Å²) in [6.45, 7) is 0.140. The summed E-state index contributed by atoms with van der Waals surface area (Å²) < 4.78 is 46.4. The van der Waals surface area contributed by atoms with E-state index < -0.39 is 30.4 Å². The summed E-state index contributed by atoms with van der Waals surface area (Å²) in [6.07, 6.45) is -4.53. The van der Waals surface area contributed by atoms with E-state index in [1.54, 1.807) is 13.0 Å². The van der Waals surface area contributed by atoms with Crippen molar-refractivity contribution in [1.82, 2.24) is 0 Å². The zero-order valence-corrected chi connectivity index (χ0v) is 12.3. The number of carbonyl (C=O) groups excluding carboxylic acids is 1. The van der Waals surface area contributed by atoms with Gasteiger partial charge in [0.2, 0.25) is 5.76 Å². The topological polar surface area (TPSA) is 88.8 Å². The van der Waals surface area contributed by atoms with Crippen molar-refractivity contribution < 1.29 is 37.0 Å². The zero-order chi connectivity index (χ0) is 17.9. The quantitative estimate of drug-likeness (QED) is 0.868. The number of hydrogen-bond acceptors (Lipinski definition) is 4. The van der Waals surface area contributed by atoms with E-state index in [0.29, 0.717) is 5.56 Å². The van der Waals surface area contributed by atoms with Crippen LogP contribution in [0.3, 0.4) is 0 Å². The van der Waals surface area contributed by atoms with E-state index in [9.17, 15) is 22.8 Å². The summed E-state index contributed by atoms with van der Waals surface area (Å²) in [6, 6.07) is 6.52. The van der Waals surface area contributed by atoms with Crippen molar-refractivity contribution in [2.24, 2.45) is 0 Å². The first kappa shape index (κ1) is 17.4. The van der Waals surface area contributed by atoms with Crippen molar-refractivity contribution in [2.45, 2.75) is 13.1 Å². The number of benzene rings is 1. The third kappa shape index (κ3) is 4.51. The number of furan rings is 1. The molecule has 2 aromatic rings. The first-order valence-corrected chi connectivity index (χ1v) is 6.60. The molecule has 0 aliphatic carbocycles. The van der Waals surface area contributed by atoms with Crippen LogP contribution in [0.4, 0.5) is 18.9 Å². The molecule has 1 heterocycles. The number of halogens is 3. The Kier molecular flexibility index (Phi) is 4.82. The Labute approximate surface area is 133 Å². The maximum Gasteiger partial charge on any atom is 0.422 e. The minimum absolute atomic E-state index is 0.00289.